The van der Waals surface area contributed by atoms with Gasteiger partial charge in [0.25, 0.3) is 0 Å². The number of carbonyl (C=O) groups is 1. The Bertz CT molecular complexity index is 474. The van der Waals surface area contributed by atoms with Gasteiger partial charge in [-0.25, -0.2) is 0 Å². The lowest BCUT2D eigenvalue weighted by atomic mass is 10.00. The van der Waals surface area contributed by atoms with Crippen LogP contribution in [-0.2, 0) is 11.3 Å². The van der Waals surface area contributed by atoms with Crippen LogP contribution in [0.4, 0.5) is 0 Å². The summed E-state index contributed by atoms with van der Waals surface area (Å²) < 4.78 is 5.06. The van der Waals surface area contributed by atoms with Gasteiger partial charge in [-0.15, -0.1) is 0 Å². The van der Waals surface area contributed by atoms with Gasteiger partial charge >= 0.3 is 0 Å². The Labute approximate surface area is 140 Å². The van der Waals surface area contributed by atoms with E-state index in [0.717, 1.165) is 24.3 Å². The second-order valence-electron chi connectivity index (χ2n) is 6.25. The molecule has 0 unspecified atom stereocenters. The molecule has 1 aromatic carbocycles. The van der Waals surface area contributed by atoms with Crippen molar-refractivity contribution in [2.24, 2.45) is 5.92 Å². The molecule has 0 fully saturated rings. The second-order valence-corrected chi connectivity index (χ2v) is 6.25. The van der Waals surface area contributed by atoms with Crippen LogP contribution in [0.3, 0.4) is 0 Å². The number of methoxy groups -OCH3 is 1. The third-order valence-corrected chi connectivity index (χ3v) is 4.28. The van der Waals surface area contributed by atoms with Gasteiger partial charge in [0.15, 0.2) is 11.5 Å². The maximum absolute atomic E-state index is 11.8. The Morgan fingerprint density at radius 2 is 2.00 bits per heavy atom. The number of aromatic hydroxyl groups is 1. The lowest BCUT2D eigenvalue weighted by Crippen LogP contribution is -2.22. The van der Waals surface area contributed by atoms with E-state index >= 15 is 0 Å². The monoisotopic (exact) mass is 321 g/mol. The predicted molar refractivity (Wildman–Crippen MR) is 93.7 cm³/mol. The van der Waals surface area contributed by atoms with Crippen LogP contribution < -0.4 is 10.1 Å². The number of ether oxygens (including phenoxy) is 1. The zero-order chi connectivity index (χ0) is 17.1. The summed E-state index contributed by atoms with van der Waals surface area (Å²) in [5.41, 5.74) is 0.918. The Balaban J connectivity index is 2.15. The van der Waals surface area contributed by atoms with Gasteiger partial charge in [0.2, 0.25) is 5.91 Å². The van der Waals surface area contributed by atoms with E-state index in [0.29, 0.717) is 18.7 Å². The average Bonchev–Trinajstić information content (AvgIpc) is 2.56. The predicted octanol–water partition coefficient (Wildman–Crippen LogP) is 4.40. The first-order valence-corrected chi connectivity index (χ1v) is 8.69. The number of carbonyl (C=O) groups excluding carboxylic acids is 1. The molecule has 1 amide bonds. The van der Waals surface area contributed by atoms with Gasteiger partial charge in [0.05, 0.1) is 7.11 Å². The Kier molecular flexibility index (Phi) is 9.18. The van der Waals surface area contributed by atoms with E-state index in [9.17, 15) is 9.90 Å². The zero-order valence-corrected chi connectivity index (χ0v) is 14.7. The number of phenolic OH excluding ortho intramolecular Hbond substituents is 1. The maximum Gasteiger partial charge on any atom is 0.220 e. The van der Waals surface area contributed by atoms with Crippen molar-refractivity contribution in [2.45, 2.75) is 65.3 Å². The van der Waals surface area contributed by atoms with Crippen molar-refractivity contribution in [2.75, 3.05) is 7.11 Å². The van der Waals surface area contributed by atoms with E-state index in [-0.39, 0.29) is 11.7 Å². The minimum absolute atomic E-state index is 0.0824. The molecule has 130 valence electrons. The molecule has 1 rings (SSSR count). The summed E-state index contributed by atoms with van der Waals surface area (Å²) in [7, 11) is 1.51. The van der Waals surface area contributed by atoms with Gasteiger partial charge in [0, 0.05) is 13.0 Å². The van der Waals surface area contributed by atoms with Gasteiger partial charge in [-0.05, 0) is 30.0 Å². The molecule has 4 heteroatoms. The molecule has 0 spiro atoms. The summed E-state index contributed by atoms with van der Waals surface area (Å²) in [5, 5.41) is 12.4. The van der Waals surface area contributed by atoms with Crippen LogP contribution in [-0.4, -0.2) is 18.1 Å². The molecule has 0 saturated carbocycles. The molecular weight excluding hydrogens is 290 g/mol. The third-order valence-electron chi connectivity index (χ3n) is 4.28. The largest absolute Gasteiger partial charge is 0.504 e. The minimum Gasteiger partial charge on any atom is -0.504 e. The van der Waals surface area contributed by atoms with Crippen LogP contribution >= 0.6 is 0 Å². The molecule has 1 atom stereocenters. The topological polar surface area (TPSA) is 58.6 Å². The lowest BCUT2D eigenvalue weighted by Gasteiger charge is -2.09. The highest BCUT2D eigenvalue weighted by Crippen LogP contribution is 2.26. The Hall–Kier alpha value is -1.71. The number of phenols is 1. The Morgan fingerprint density at radius 3 is 2.70 bits per heavy atom. The molecule has 0 saturated heterocycles. The lowest BCUT2D eigenvalue weighted by molar-refractivity contribution is -0.121. The first-order chi connectivity index (χ1) is 11.1. The van der Waals surface area contributed by atoms with Crippen LogP contribution in [0.15, 0.2) is 18.2 Å². The van der Waals surface area contributed by atoms with Crippen LogP contribution in [0.25, 0.3) is 0 Å². The van der Waals surface area contributed by atoms with Crippen molar-refractivity contribution >= 4 is 5.91 Å². The first kappa shape index (κ1) is 19.3. The van der Waals surface area contributed by atoms with Gasteiger partial charge in [0.1, 0.15) is 0 Å². The van der Waals surface area contributed by atoms with Crippen LogP contribution in [0.2, 0.25) is 0 Å². The molecular formula is C19H31NO3. The second kappa shape index (κ2) is 10.9. The highest BCUT2D eigenvalue weighted by atomic mass is 16.5. The summed E-state index contributed by atoms with van der Waals surface area (Å²) in [5.74, 6) is 1.44. The quantitative estimate of drug-likeness (QED) is 0.594. The van der Waals surface area contributed by atoms with E-state index in [1.54, 1.807) is 18.2 Å². The normalized spacial score (nSPS) is 12.0. The first-order valence-electron chi connectivity index (χ1n) is 8.69. The summed E-state index contributed by atoms with van der Waals surface area (Å²) in [4.78, 5) is 11.8. The van der Waals surface area contributed by atoms with Gasteiger partial charge in [-0.2, -0.15) is 0 Å². The molecule has 2 N–H and O–H groups in total. The van der Waals surface area contributed by atoms with Crippen molar-refractivity contribution in [3.05, 3.63) is 23.8 Å². The smallest absolute Gasteiger partial charge is 0.220 e. The number of rotatable bonds is 11. The van der Waals surface area contributed by atoms with Crippen molar-refractivity contribution in [1.29, 1.82) is 0 Å². The highest BCUT2D eigenvalue weighted by Gasteiger charge is 2.05. The fraction of sp³-hybridized carbons (Fsp3) is 0.632. The SMILES string of the molecule is CC[C@H](C)CCCCCCC(=O)NCc1ccc(O)c(OC)c1. The number of hydrogen-bond acceptors (Lipinski definition) is 3. The summed E-state index contributed by atoms with van der Waals surface area (Å²) in [6.07, 6.45) is 7.69. The maximum atomic E-state index is 11.8. The molecule has 0 aliphatic heterocycles. The molecule has 0 radical (unpaired) electrons. The van der Waals surface area contributed by atoms with Crippen molar-refractivity contribution in [3.8, 4) is 11.5 Å². The Morgan fingerprint density at radius 1 is 1.26 bits per heavy atom. The van der Waals surface area contributed by atoms with Gasteiger partial charge < -0.3 is 15.2 Å². The van der Waals surface area contributed by atoms with E-state index in [2.05, 4.69) is 19.2 Å². The molecule has 4 nitrogen and oxygen atoms in total. The number of amides is 1. The van der Waals surface area contributed by atoms with Crippen molar-refractivity contribution in [3.63, 3.8) is 0 Å². The fourth-order valence-corrected chi connectivity index (χ4v) is 2.46. The molecule has 0 aliphatic carbocycles. The van der Waals surface area contributed by atoms with E-state index < -0.39 is 0 Å². The molecule has 1 aromatic rings. The van der Waals surface area contributed by atoms with Crippen LogP contribution in [0, 0.1) is 5.92 Å². The summed E-state index contributed by atoms with van der Waals surface area (Å²) >= 11 is 0. The van der Waals surface area contributed by atoms with Gasteiger partial charge in [-0.3, -0.25) is 4.79 Å². The summed E-state index contributed by atoms with van der Waals surface area (Å²) in [6.45, 7) is 4.99. The average molecular weight is 321 g/mol. The molecule has 0 heterocycles. The van der Waals surface area contributed by atoms with Crippen molar-refractivity contribution in [1.82, 2.24) is 5.32 Å². The minimum atomic E-state index is 0.0824. The van der Waals surface area contributed by atoms with Gasteiger partial charge in [-0.1, -0.05) is 52.0 Å². The number of hydrogen-bond donors (Lipinski definition) is 2. The number of unbranched alkanes of at least 4 members (excludes halogenated alkanes) is 3. The van der Waals surface area contributed by atoms with E-state index in [4.69, 9.17) is 4.74 Å². The third kappa shape index (κ3) is 7.91. The van der Waals surface area contributed by atoms with Crippen LogP contribution in [0.1, 0.15) is 64.4 Å². The van der Waals surface area contributed by atoms with E-state index in [1.807, 2.05) is 0 Å². The number of nitrogens with one attached hydrogen (secondary N) is 1. The standard InChI is InChI=1S/C19H31NO3/c1-4-15(2)9-7-5-6-8-10-19(22)20-14-16-11-12-17(21)18(13-16)23-3/h11-13,15,21H,4-10,14H2,1-3H3,(H,20,22)/t15-/m0/s1. The van der Waals surface area contributed by atoms with E-state index in [1.165, 1.54) is 32.8 Å². The number of benzene rings is 1. The fourth-order valence-electron chi connectivity index (χ4n) is 2.46. The highest BCUT2D eigenvalue weighted by molar-refractivity contribution is 5.75. The summed E-state index contributed by atoms with van der Waals surface area (Å²) in [6, 6.07) is 5.11. The molecule has 0 bridgehead atoms. The molecule has 0 aliphatic rings. The molecule has 0 aromatic heterocycles. The van der Waals surface area contributed by atoms with Crippen LogP contribution in [0.5, 0.6) is 11.5 Å². The zero-order valence-electron chi connectivity index (χ0n) is 14.7. The molecule has 23 heavy (non-hydrogen) atoms. The van der Waals surface area contributed by atoms with Crippen molar-refractivity contribution < 1.29 is 14.6 Å².